The van der Waals surface area contributed by atoms with Gasteiger partial charge in [0.2, 0.25) is 0 Å². The molecule has 2 aromatic carbocycles. The molecule has 0 saturated heterocycles. The molecule has 1 heterocycles. The monoisotopic (exact) mass is 350 g/mol. The fourth-order valence-electron chi connectivity index (χ4n) is 3.58. The molecule has 0 bridgehead atoms. The van der Waals surface area contributed by atoms with Gasteiger partial charge in [0.25, 0.3) is 0 Å². The standard InChI is InChI=1S/C23H27FN2/c1-4-17(14-15-25-3)10-11-20-19-12-13-21(24)16(2)22(19)26-23(20)18-8-6-5-7-9-18/h4-9,12-13,17,25-26H,1,10-11,14-15H2,2-3H3. The summed E-state index contributed by atoms with van der Waals surface area (Å²) in [4.78, 5) is 3.50. The first-order valence-corrected chi connectivity index (χ1v) is 9.28. The number of halogens is 1. The van der Waals surface area contributed by atoms with E-state index >= 15 is 0 Å². The molecule has 0 radical (unpaired) electrons. The normalized spacial score (nSPS) is 12.4. The molecule has 0 amide bonds. The Labute approximate surface area is 155 Å². The van der Waals surface area contributed by atoms with Gasteiger partial charge in [0.1, 0.15) is 5.82 Å². The van der Waals surface area contributed by atoms with Gasteiger partial charge in [0, 0.05) is 16.6 Å². The Kier molecular flexibility index (Phi) is 5.89. The molecule has 2 nitrogen and oxygen atoms in total. The third-order valence-electron chi connectivity index (χ3n) is 5.20. The van der Waals surface area contributed by atoms with Crippen LogP contribution in [0.4, 0.5) is 4.39 Å². The maximum Gasteiger partial charge on any atom is 0.128 e. The summed E-state index contributed by atoms with van der Waals surface area (Å²) in [6.45, 7) is 6.82. The Morgan fingerprint density at radius 3 is 2.62 bits per heavy atom. The van der Waals surface area contributed by atoms with Crippen LogP contribution in [-0.2, 0) is 6.42 Å². The largest absolute Gasteiger partial charge is 0.354 e. The molecule has 0 saturated carbocycles. The molecule has 1 atom stereocenters. The van der Waals surface area contributed by atoms with E-state index in [9.17, 15) is 4.39 Å². The molecule has 1 aromatic heterocycles. The maximum atomic E-state index is 14.1. The van der Waals surface area contributed by atoms with Gasteiger partial charge in [-0.25, -0.2) is 4.39 Å². The van der Waals surface area contributed by atoms with E-state index in [2.05, 4.69) is 35.1 Å². The number of rotatable bonds is 8. The van der Waals surface area contributed by atoms with E-state index < -0.39 is 0 Å². The highest BCUT2D eigenvalue weighted by Gasteiger charge is 2.17. The van der Waals surface area contributed by atoms with Crippen molar-refractivity contribution in [2.24, 2.45) is 5.92 Å². The molecular formula is C23H27FN2. The van der Waals surface area contributed by atoms with Crippen molar-refractivity contribution < 1.29 is 4.39 Å². The summed E-state index contributed by atoms with van der Waals surface area (Å²) >= 11 is 0. The number of nitrogens with one attached hydrogen (secondary N) is 2. The van der Waals surface area contributed by atoms with Gasteiger partial charge in [-0.15, -0.1) is 6.58 Å². The fourth-order valence-corrected chi connectivity index (χ4v) is 3.58. The second-order valence-electron chi connectivity index (χ2n) is 6.87. The first kappa shape index (κ1) is 18.4. The van der Waals surface area contributed by atoms with Gasteiger partial charge < -0.3 is 10.3 Å². The first-order valence-electron chi connectivity index (χ1n) is 9.28. The maximum absolute atomic E-state index is 14.1. The Balaban J connectivity index is 2.01. The number of aromatic nitrogens is 1. The lowest BCUT2D eigenvalue weighted by Crippen LogP contribution is -2.12. The molecule has 3 rings (SSSR count). The number of aromatic amines is 1. The average Bonchev–Trinajstić information content (AvgIpc) is 3.05. The molecule has 1 unspecified atom stereocenters. The zero-order valence-electron chi connectivity index (χ0n) is 15.6. The van der Waals surface area contributed by atoms with Crippen molar-refractivity contribution in [1.82, 2.24) is 10.3 Å². The minimum atomic E-state index is -0.164. The van der Waals surface area contributed by atoms with E-state index in [1.54, 1.807) is 6.07 Å². The Morgan fingerprint density at radius 1 is 1.15 bits per heavy atom. The zero-order chi connectivity index (χ0) is 18.5. The molecule has 26 heavy (non-hydrogen) atoms. The van der Waals surface area contributed by atoms with Crippen LogP contribution in [0.1, 0.15) is 24.0 Å². The second kappa shape index (κ2) is 8.33. The van der Waals surface area contributed by atoms with Crippen LogP contribution in [-0.4, -0.2) is 18.6 Å². The highest BCUT2D eigenvalue weighted by atomic mass is 19.1. The SMILES string of the molecule is C=CC(CCNC)CCc1c(-c2ccccc2)[nH]c2c(C)c(F)ccc12. The summed E-state index contributed by atoms with van der Waals surface area (Å²) in [6, 6.07) is 13.8. The third-order valence-corrected chi connectivity index (χ3v) is 5.20. The Bertz CT molecular complexity index is 880. The van der Waals surface area contributed by atoms with Gasteiger partial charge in [0.15, 0.2) is 0 Å². The van der Waals surface area contributed by atoms with Gasteiger partial charge >= 0.3 is 0 Å². The molecule has 0 spiro atoms. The van der Waals surface area contributed by atoms with Gasteiger partial charge in [0.05, 0.1) is 5.52 Å². The molecule has 0 aliphatic carbocycles. The first-order chi connectivity index (χ1) is 12.7. The van der Waals surface area contributed by atoms with Crippen LogP contribution < -0.4 is 5.32 Å². The summed E-state index contributed by atoms with van der Waals surface area (Å²) in [5.74, 6) is 0.306. The van der Waals surface area contributed by atoms with E-state index in [4.69, 9.17) is 0 Å². The van der Waals surface area contributed by atoms with Crippen molar-refractivity contribution in [2.45, 2.75) is 26.2 Å². The highest BCUT2D eigenvalue weighted by Crippen LogP contribution is 2.34. The smallest absolute Gasteiger partial charge is 0.128 e. The zero-order valence-corrected chi connectivity index (χ0v) is 15.6. The van der Waals surface area contributed by atoms with E-state index in [1.807, 2.05) is 38.2 Å². The average molecular weight is 350 g/mol. The van der Waals surface area contributed by atoms with Crippen molar-refractivity contribution in [3.8, 4) is 11.3 Å². The van der Waals surface area contributed by atoms with Crippen molar-refractivity contribution in [3.05, 3.63) is 72.1 Å². The fraction of sp³-hybridized carbons (Fsp3) is 0.304. The van der Waals surface area contributed by atoms with Crippen LogP contribution in [0.3, 0.4) is 0 Å². The van der Waals surface area contributed by atoms with E-state index in [0.717, 1.165) is 48.0 Å². The van der Waals surface area contributed by atoms with E-state index in [-0.39, 0.29) is 5.82 Å². The van der Waals surface area contributed by atoms with Crippen LogP contribution in [0.15, 0.2) is 55.1 Å². The van der Waals surface area contributed by atoms with E-state index in [1.165, 1.54) is 5.56 Å². The van der Waals surface area contributed by atoms with Crippen molar-refractivity contribution in [2.75, 3.05) is 13.6 Å². The lowest BCUT2D eigenvalue weighted by atomic mass is 9.93. The molecule has 136 valence electrons. The van der Waals surface area contributed by atoms with Crippen molar-refractivity contribution >= 4 is 10.9 Å². The molecular weight excluding hydrogens is 323 g/mol. The summed E-state index contributed by atoms with van der Waals surface area (Å²) < 4.78 is 14.1. The van der Waals surface area contributed by atoms with Crippen LogP contribution in [0.5, 0.6) is 0 Å². The lowest BCUT2D eigenvalue weighted by Gasteiger charge is -2.13. The van der Waals surface area contributed by atoms with Crippen LogP contribution >= 0.6 is 0 Å². The Hall–Kier alpha value is -2.39. The number of benzene rings is 2. The van der Waals surface area contributed by atoms with Gasteiger partial charge in [-0.1, -0.05) is 36.4 Å². The Morgan fingerprint density at radius 2 is 1.92 bits per heavy atom. The number of hydrogen-bond donors (Lipinski definition) is 2. The molecule has 0 fully saturated rings. The third kappa shape index (κ3) is 3.73. The van der Waals surface area contributed by atoms with Gasteiger partial charge in [-0.2, -0.15) is 0 Å². The van der Waals surface area contributed by atoms with Crippen molar-refractivity contribution in [3.63, 3.8) is 0 Å². The highest BCUT2D eigenvalue weighted by molar-refractivity contribution is 5.92. The van der Waals surface area contributed by atoms with Crippen LogP contribution in [0.25, 0.3) is 22.2 Å². The molecule has 3 aromatic rings. The van der Waals surface area contributed by atoms with Gasteiger partial charge in [-0.05, 0) is 69.0 Å². The predicted octanol–water partition coefficient (Wildman–Crippen LogP) is 5.63. The summed E-state index contributed by atoms with van der Waals surface area (Å²) in [5.41, 5.74) is 5.10. The van der Waals surface area contributed by atoms with Crippen LogP contribution in [0, 0.1) is 18.7 Å². The molecule has 0 aliphatic heterocycles. The summed E-state index contributed by atoms with van der Waals surface area (Å²) in [7, 11) is 1.98. The predicted molar refractivity (Wildman–Crippen MR) is 109 cm³/mol. The van der Waals surface area contributed by atoms with Gasteiger partial charge in [-0.3, -0.25) is 0 Å². The summed E-state index contributed by atoms with van der Waals surface area (Å²) in [5, 5.41) is 4.33. The number of allylic oxidation sites excluding steroid dienone is 1. The molecule has 0 aliphatic rings. The van der Waals surface area contributed by atoms with Crippen molar-refractivity contribution in [1.29, 1.82) is 0 Å². The van der Waals surface area contributed by atoms with Crippen LogP contribution in [0.2, 0.25) is 0 Å². The lowest BCUT2D eigenvalue weighted by molar-refractivity contribution is 0.531. The number of H-pyrrole nitrogens is 1. The number of fused-ring (bicyclic) bond motifs is 1. The summed E-state index contributed by atoms with van der Waals surface area (Å²) in [6.07, 6.45) is 5.11. The molecule has 2 N–H and O–H groups in total. The minimum absolute atomic E-state index is 0.164. The quantitative estimate of drug-likeness (QED) is 0.507. The topological polar surface area (TPSA) is 27.8 Å². The number of hydrogen-bond acceptors (Lipinski definition) is 1. The number of aryl methyl sites for hydroxylation is 2. The second-order valence-corrected chi connectivity index (χ2v) is 6.87. The minimum Gasteiger partial charge on any atom is -0.354 e. The van der Waals surface area contributed by atoms with E-state index in [0.29, 0.717) is 11.5 Å². The molecule has 3 heteroatoms.